The zero-order chi connectivity index (χ0) is 45.7. The van der Waals surface area contributed by atoms with Crippen LogP contribution >= 0.6 is 0 Å². The molecule has 13 rings (SSSR count). The fourth-order valence-corrected chi connectivity index (χ4v) is 12.1. The number of fused-ring (bicyclic) bond motifs is 6. The van der Waals surface area contributed by atoms with E-state index in [9.17, 15) is 0 Å². The number of benzene rings is 8. The Hall–Kier alpha value is -8.26. The van der Waals surface area contributed by atoms with Crippen LogP contribution in [0.25, 0.3) is 49.3 Å². The molecule has 1 nitrogen and oxygen atoms in total. The molecule has 3 atom stereocenters. The highest BCUT2D eigenvalue weighted by atomic mass is 15.0. The number of nitrogens with zero attached hydrogens (tertiary/aromatic N) is 1. The molecule has 4 aliphatic carbocycles. The van der Waals surface area contributed by atoms with E-state index in [-0.39, 0.29) is 12.0 Å². The van der Waals surface area contributed by atoms with Crippen molar-refractivity contribution in [3.8, 4) is 11.1 Å². The zero-order valence-corrected chi connectivity index (χ0v) is 38.5. The van der Waals surface area contributed by atoms with Crippen LogP contribution in [0.4, 0.5) is 0 Å². The Morgan fingerprint density at radius 1 is 0.449 bits per heavy atom. The summed E-state index contributed by atoms with van der Waals surface area (Å²) in [6, 6.07) is 70.5. The molecule has 0 aliphatic heterocycles. The van der Waals surface area contributed by atoms with E-state index >= 15 is 0 Å². The molecule has 3 unspecified atom stereocenters. The molecule has 0 radical (unpaired) electrons. The lowest BCUT2D eigenvalue weighted by Crippen LogP contribution is -2.31. The van der Waals surface area contributed by atoms with Crippen LogP contribution in [-0.4, -0.2) is 4.57 Å². The molecule has 0 amide bonds. The van der Waals surface area contributed by atoms with Gasteiger partial charge in [-0.1, -0.05) is 243 Å². The van der Waals surface area contributed by atoms with Crippen molar-refractivity contribution in [1.29, 1.82) is 0 Å². The van der Waals surface area contributed by atoms with Crippen molar-refractivity contribution >= 4 is 38.2 Å². The average Bonchev–Trinajstić information content (AvgIpc) is 3.62. The Bertz CT molecular complexity index is 3670. The molecule has 0 saturated carbocycles. The molecule has 328 valence electrons. The molecule has 4 aliphatic rings. The van der Waals surface area contributed by atoms with Crippen LogP contribution < -0.4 is 0 Å². The molecule has 9 aromatic rings. The first kappa shape index (κ1) is 41.0. The SMILES string of the molecule is C1=CC2=CC=CC(c3ccc4c(c3)c3cc(-c5cccc6ccccc56)ccc3n4C3C=CC=C(c4ccc(C(C5=CCCC=C5)(c5ccccc5)c5ccccc5)cc4)c4ccccc43)C2C=C1. The van der Waals surface area contributed by atoms with Gasteiger partial charge >= 0.3 is 0 Å². The fourth-order valence-electron chi connectivity index (χ4n) is 12.1. The van der Waals surface area contributed by atoms with E-state index in [4.69, 9.17) is 0 Å². The van der Waals surface area contributed by atoms with E-state index in [1.807, 2.05) is 0 Å². The van der Waals surface area contributed by atoms with Gasteiger partial charge in [0.25, 0.3) is 0 Å². The van der Waals surface area contributed by atoms with E-state index < -0.39 is 5.41 Å². The lowest BCUT2D eigenvalue weighted by Gasteiger charge is -2.38. The normalized spacial score (nSPS) is 18.4. The maximum atomic E-state index is 2.60. The van der Waals surface area contributed by atoms with E-state index in [1.165, 1.54) is 99.4 Å². The third-order valence-electron chi connectivity index (χ3n) is 15.3. The minimum Gasteiger partial charge on any atom is -0.329 e. The largest absolute Gasteiger partial charge is 0.329 e. The Labute approximate surface area is 405 Å². The predicted octanol–water partition coefficient (Wildman–Crippen LogP) is 17.1. The molecule has 0 spiro atoms. The molecule has 1 heterocycles. The third-order valence-corrected chi connectivity index (χ3v) is 15.3. The topological polar surface area (TPSA) is 4.93 Å². The number of aromatic nitrogens is 1. The van der Waals surface area contributed by atoms with Crippen LogP contribution in [0, 0.1) is 5.92 Å². The maximum Gasteiger partial charge on any atom is 0.0785 e. The first-order chi connectivity index (χ1) is 34.2. The van der Waals surface area contributed by atoms with Gasteiger partial charge < -0.3 is 4.57 Å². The monoisotopic (exact) mass is 881 g/mol. The maximum absolute atomic E-state index is 2.60. The Morgan fingerprint density at radius 2 is 1.12 bits per heavy atom. The van der Waals surface area contributed by atoms with Gasteiger partial charge in [0.15, 0.2) is 0 Å². The van der Waals surface area contributed by atoms with Crippen molar-refractivity contribution < 1.29 is 0 Å². The fraction of sp³-hybridized carbons (Fsp3) is 0.0882. The highest BCUT2D eigenvalue weighted by Crippen LogP contribution is 2.49. The summed E-state index contributed by atoms with van der Waals surface area (Å²) in [5.74, 6) is 0.579. The molecular formula is C68H51N. The van der Waals surface area contributed by atoms with Crippen LogP contribution in [0.15, 0.2) is 278 Å². The second kappa shape index (κ2) is 17.1. The molecule has 0 N–H and O–H groups in total. The van der Waals surface area contributed by atoms with Crippen molar-refractivity contribution in [2.24, 2.45) is 5.92 Å². The molecule has 0 fully saturated rings. The molecule has 0 saturated heterocycles. The molecule has 1 aromatic heterocycles. The summed E-state index contributed by atoms with van der Waals surface area (Å²) < 4.78 is 2.60. The highest BCUT2D eigenvalue weighted by molar-refractivity contribution is 6.11. The summed E-state index contributed by atoms with van der Waals surface area (Å²) >= 11 is 0. The quantitative estimate of drug-likeness (QED) is 0.134. The smallest absolute Gasteiger partial charge is 0.0785 e. The van der Waals surface area contributed by atoms with Gasteiger partial charge in [-0.2, -0.15) is 0 Å². The first-order valence-corrected chi connectivity index (χ1v) is 24.6. The van der Waals surface area contributed by atoms with Crippen LogP contribution in [0.5, 0.6) is 0 Å². The minimum absolute atomic E-state index is 0.0483. The van der Waals surface area contributed by atoms with Gasteiger partial charge in [0.1, 0.15) is 0 Å². The zero-order valence-electron chi connectivity index (χ0n) is 38.5. The Kier molecular flexibility index (Phi) is 10.2. The van der Waals surface area contributed by atoms with Gasteiger partial charge in [0.2, 0.25) is 0 Å². The number of hydrogen-bond donors (Lipinski definition) is 0. The number of hydrogen-bond acceptors (Lipinski definition) is 0. The van der Waals surface area contributed by atoms with Crippen LogP contribution in [0.2, 0.25) is 0 Å². The highest BCUT2D eigenvalue weighted by Gasteiger charge is 2.39. The van der Waals surface area contributed by atoms with Crippen molar-refractivity contribution in [2.75, 3.05) is 0 Å². The van der Waals surface area contributed by atoms with E-state index in [2.05, 4.69) is 272 Å². The number of rotatable bonds is 8. The van der Waals surface area contributed by atoms with E-state index in [1.54, 1.807) is 0 Å². The van der Waals surface area contributed by atoms with Crippen molar-refractivity contribution in [2.45, 2.75) is 30.2 Å². The molecule has 69 heavy (non-hydrogen) atoms. The lowest BCUT2D eigenvalue weighted by molar-refractivity contribution is 0.671. The third kappa shape index (κ3) is 6.83. The lowest BCUT2D eigenvalue weighted by atomic mass is 9.63. The van der Waals surface area contributed by atoms with Gasteiger partial charge in [-0.3, -0.25) is 0 Å². The van der Waals surface area contributed by atoms with Gasteiger partial charge in [-0.15, -0.1) is 0 Å². The Morgan fingerprint density at radius 3 is 1.93 bits per heavy atom. The summed E-state index contributed by atoms with van der Waals surface area (Å²) in [4.78, 5) is 0. The van der Waals surface area contributed by atoms with Crippen LogP contribution in [0.3, 0.4) is 0 Å². The van der Waals surface area contributed by atoms with Crippen LogP contribution in [0.1, 0.15) is 63.7 Å². The summed E-state index contributed by atoms with van der Waals surface area (Å²) in [5, 5.41) is 5.08. The summed E-state index contributed by atoms with van der Waals surface area (Å²) in [6.45, 7) is 0. The molecule has 1 heteroatoms. The minimum atomic E-state index is -0.459. The van der Waals surface area contributed by atoms with Crippen molar-refractivity contribution in [3.63, 3.8) is 0 Å². The van der Waals surface area contributed by atoms with Gasteiger partial charge in [-0.25, -0.2) is 0 Å². The second-order valence-corrected chi connectivity index (χ2v) is 18.9. The Balaban J connectivity index is 0.946. The summed E-state index contributed by atoms with van der Waals surface area (Å²) in [5.41, 5.74) is 17.3. The van der Waals surface area contributed by atoms with Gasteiger partial charge in [0, 0.05) is 33.6 Å². The van der Waals surface area contributed by atoms with Crippen molar-refractivity contribution in [3.05, 3.63) is 317 Å². The predicted molar refractivity (Wildman–Crippen MR) is 291 cm³/mol. The first-order valence-electron chi connectivity index (χ1n) is 24.6. The molecule has 0 bridgehead atoms. The average molecular weight is 882 g/mol. The summed E-state index contributed by atoms with van der Waals surface area (Å²) in [7, 11) is 0. The van der Waals surface area contributed by atoms with E-state index in [0.717, 1.165) is 12.8 Å². The van der Waals surface area contributed by atoms with Gasteiger partial charge in [-0.05, 0) is 115 Å². The van der Waals surface area contributed by atoms with E-state index in [0.29, 0.717) is 5.92 Å². The molecular weight excluding hydrogens is 831 g/mol. The second-order valence-electron chi connectivity index (χ2n) is 18.9. The van der Waals surface area contributed by atoms with Crippen LogP contribution in [-0.2, 0) is 5.41 Å². The number of allylic oxidation sites excluding steroid dienone is 15. The van der Waals surface area contributed by atoms with Gasteiger partial charge in [0.05, 0.1) is 11.5 Å². The summed E-state index contributed by atoms with van der Waals surface area (Å²) in [6.07, 6.45) is 32.2. The standard InChI is InChI=1S/C68H51N/c1-4-23-52(24-5-1)68(53-25-6-2-7-26-53,54-27-8-3-9-28-54)55-41-37-49(38-42-55)58-35-18-36-65(62-32-15-14-31-61(58)62)69-66-43-39-50(59-33-16-21-47-19-10-12-29-56(47)59)45-63(66)64-46-51(40-44-67(64)69)60-34-17-22-48-20-11-13-30-57(48)60/h1-2,4-8,10-46,56,59,65H,3,9H2. The molecule has 8 aromatic carbocycles. The van der Waals surface area contributed by atoms with Crippen molar-refractivity contribution in [1.82, 2.24) is 4.57 Å².